The number of nitrogens with zero attached hydrogens (tertiary/aromatic N) is 3. The van der Waals surface area contributed by atoms with Gasteiger partial charge in [-0.2, -0.15) is 5.26 Å². The first-order valence-corrected chi connectivity index (χ1v) is 5.29. The molecule has 0 bridgehead atoms. The number of hydrogen-bond donors (Lipinski definition) is 1. The van der Waals surface area contributed by atoms with Gasteiger partial charge in [0.1, 0.15) is 6.07 Å². The van der Waals surface area contributed by atoms with Crippen molar-refractivity contribution in [2.75, 3.05) is 5.73 Å². The standard InChI is InChI=1S/C10H8N4OS/c1-6-13-14-10(15-6)16-8-4-2-3-7(5-11)9(8)12/h2-4H,12H2,1H3. The van der Waals surface area contributed by atoms with E-state index in [0.717, 1.165) is 4.90 Å². The van der Waals surface area contributed by atoms with Crippen LogP contribution in [-0.2, 0) is 0 Å². The van der Waals surface area contributed by atoms with Gasteiger partial charge in [-0.05, 0) is 23.9 Å². The van der Waals surface area contributed by atoms with E-state index in [1.54, 1.807) is 25.1 Å². The molecule has 0 fully saturated rings. The van der Waals surface area contributed by atoms with Crippen molar-refractivity contribution < 1.29 is 4.42 Å². The van der Waals surface area contributed by atoms with E-state index < -0.39 is 0 Å². The first-order valence-electron chi connectivity index (χ1n) is 4.47. The van der Waals surface area contributed by atoms with Crippen LogP contribution in [-0.4, -0.2) is 10.2 Å². The zero-order chi connectivity index (χ0) is 11.5. The van der Waals surface area contributed by atoms with Crippen LogP contribution in [0.15, 0.2) is 32.7 Å². The summed E-state index contributed by atoms with van der Waals surface area (Å²) in [4.78, 5) is 0.739. The van der Waals surface area contributed by atoms with Crippen LogP contribution in [0.3, 0.4) is 0 Å². The monoisotopic (exact) mass is 232 g/mol. The lowest BCUT2D eigenvalue weighted by atomic mass is 10.2. The summed E-state index contributed by atoms with van der Waals surface area (Å²) >= 11 is 1.25. The Kier molecular flexibility index (Phi) is 2.79. The first-order chi connectivity index (χ1) is 7.70. The molecule has 1 aromatic heterocycles. The van der Waals surface area contributed by atoms with Gasteiger partial charge < -0.3 is 10.2 Å². The highest BCUT2D eigenvalue weighted by atomic mass is 32.2. The molecule has 0 radical (unpaired) electrons. The van der Waals surface area contributed by atoms with E-state index in [0.29, 0.717) is 22.4 Å². The number of rotatable bonds is 2. The van der Waals surface area contributed by atoms with E-state index in [9.17, 15) is 0 Å². The number of para-hydroxylation sites is 1. The summed E-state index contributed by atoms with van der Waals surface area (Å²) in [6.07, 6.45) is 0. The van der Waals surface area contributed by atoms with E-state index in [1.807, 2.05) is 6.07 Å². The lowest BCUT2D eigenvalue weighted by Gasteiger charge is -2.02. The van der Waals surface area contributed by atoms with Gasteiger partial charge in [0.05, 0.1) is 11.3 Å². The predicted octanol–water partition coefficient (Wildman–Crippen LogP) is 1.98. The summed E-state index contributed by atoms with van der Waals surface area (Å²) < 4.78 is 5.22. The third kappa shape index (κ3) is 1.99. The van der Waals surface area contributed by atoms with Crippen LogP contribution >= 0.6 is 11.8 Å². The largest absolute Gasteiger partial charge is 0.416 e. The quantitative estimate of drug-likeness (QED) is 0.796. The van der Waals surface area contributed by atoms with Crippen LogP contribution in [0.5, 0.6) is 0 Å². The minimum atomic E-state index is 0.416. The van der Waals surface area contributed by atoms with Crippen LogP contribution in [0.25, 0.3) is 0 Å². The number of hydrogen-bond acceptors (Lipinski definition) is 6. The molecule has 0 amide bonds. The van der Waals surface area contributed by atoms with Crippen molar-refractivity contribution in [2.45, 2.75) is 17.0 Å². The molecule has 0 aliphatic carbocycles. The molecule has 0 saturated heterocycles. The highest BCUT2D eigenvalue weighted by molar-refractivity contribution is 7.99. The summed E-state index contributed by atoms with van der Waals surface area (Å²) in [5, 5.41) is 16.8. The van der Waals surface area contributed by atoms with Crippen molar-refractivity contribution in [3.63, 3.8) is 0 Å². The van der Waals surface area contributed by atoms with E-state index in [-0.39, 0.29) is 0 Å². The van der Waals surface area contributed by atoms with Gasteiger partial charge >= 0.3 is 0 Å². The zero-order valence-corrected chi connectivity index (χ0v) is 9.28. The summed E-state index contributed by atoms with van der Waals surface area (Å²) in [5.41, 5.74) is 6.70. The summed E-state index contributed by atoms with van der Waals surface area (Å²) in [6.45, 7) is 1.71. The fourth-order valence-electron chi connectivity index (χ4n) is 1.14. The van der Waals surface area contributed by atoms with Gasteiger partial charge in [0.2, 0.25) is 5.89 Å². The highest BCUT2D eigenvalue weighted by Gasteiger charge is 2.09. The first kappa shape index (κ1) is 10.5. The lowest BCUT2D eigenvalue weighted by Crippen LogP contribution is -1.92. The van der Waals surface area contributed by atoms with Crippen molar-refractivity contribution in [1.29, 1.82) is 5.26 Å². The lowest BCUT2D eigenvalue weighted by molar-refractivity contribution is 0.429. The molecule has 2 aromatic rings. The molecule has 1 aromatic carbocycles. The molecule has 16 heavy (non-hydrogen) atoms. The Labute approximate surface area is 96.3 Å². The molecule has 5 nitrogen and oxygen atoms in total. The van der Waals surface area contributed by atoms with Crippen LogP contribution in [0.4, 0.5) is 5.69 Å². The normalized spacial score (nSPS) is 10.0. The maximum absolute atomic E-state index is 8.82. The number of aryl methyl sites for hydroxylation is 1. The highest BCUT2D eigenvalue weighted by Crippen LogP contribution is 2.32. The minimum absolute atomic E-state index is 0.416. The third-order valence-electron chi connectivity index (χ3n) is 1.89. The molecule has 0 aliphatic rings. The third-order valence-corrected chi connectivity index (χ3v) is 2.81. The van der Waals surface area contributed by atoms with Crippen molar-refractivity contribution >= 4 is 17.4 Å². The Morgan fingerprint density at radius 3 is 2.88 bits per heavy atom. The van der Waals surface area contributed by atoms with E-state index in [1.165, 1.54) is 11.8 Å². The Morgan fingerprint density at radius 1 is 1.44 bits per heavy atom. The zero-order valence-electron chi connectivity index (χ0n) is 8.47. The van der Waals surface area contributed by atoms with Crippen LogP contribution in [0, 0.1) is 18.3 Å². The van der Waals surface area contributed by atoms with Gasteiger partial charge in [-0.3, -0.25) is 0 Å². The molecule has 0 saturated carbocycles. The number of benzene rings is 1. The predicted molar refractivity (Wildman–Crippen MR) is 58.7 cm³/mol. The van der Waals surface area contributed by atoms with Crippen molar-refractivity contribution in [3.05, 3.63) is 29.7 Å². The van der Waals surface area contributed by atoms with Crippen LogP contribution in [0.2, 0.25) is 0 Å². The molecular weight excluding hydrogens is 224 g/mol. The average Bonchev–Trinajstić information content (AvgIpc) is 2.67. The number of aromatic nitrogens is 2. The maximum Gasteiger partial charge on any atom is 0.281 e. The van der Waals surface area contributed by atoms with Crippen molar-refractivity contribution in [2.24, 2.45) is 0 Å². The second-order valence-corrected chi connectivity index (χ2v) is 4.01. The number of nitriles is 1. The smallest absolute Gasteiger partial charge is 0.281 e. The molecular formula is C10H8N4OS. The maximum atomic E-state index is 8.82. The fraction of sp³-hybridized carbons (Fsp3) is 0.100. The fourth-order valence-corrected chi connectivity index (χ4v) is 1.94. The molecule has 80 valence electrons. The van der Waals surface area contributed by atoms with Crippen LogP contribution < -0.4 is 5.73 Å². The van der Waals surface area contributed by atoms with Gasteiger partial charge in [-0.1, -0.05) is 6.07 Å². The average molecular weight is 232 g/mol. The van der Waals surface area contributed by atoms with Gasteiger partial charge in [-0.15, -0.1) is 10.2 Å². The van der Waals surface area contributed by atoms with Gasteiger partial charge in [-0.25, -0.2) is 0 Å². The molecule has 6 heteroatoms. The SMILES string of the molecule is Cc1nnc(Sc2cccc(C#N)c2N)o1. The summed E-state index contributed by atoms with van der Waals surface area (Å²) in [7, 11) is 0. The van der Waals surface area contributed by atoms with Gasteiger partial charge in [0, 0.05) is 11.8 Å². The molecule has 1 heterocycles. The number of anilines is 1. The van der Waals surface area contributed by atoms with E-state index >= 15 is 0 Å². The Balaban J connectivity index is 2.32. The second-order valence-electron chi connectivity index (χ2n) is 3.02. The van der Waals surface area contributed by atoms with Crippen molar-refractivity contribution in [1.82, 2.24) is 10.2 Å². The van der Waals surface area contributed by atoms with Gasteiger partial charge in [0.15, 0.2) is 0 Å². The Hall–Kier alpha value is -2.00. The second kappa shape index (κ2) is 4.24. The minimum Gasteiger partial charge on any atom is -0.416 e. The molecule has 2 N–H and O–H groups in total. The summed E-state index contributed by atoms with van der Waals surface area (Å²) in [6, 6.07) is 7.26. The molecule has 0 spiro atoms. The van der Waals surface area contributed by atoms with E-state index in [2.05, 4.69) is 10.2 Å². The molecule has 0 unspecified atom stereocenters. The van der Waals surface area contributed by atoms with E-state index in [4.69, 9.17) is 15.4 Å². The molecule has 2 rings (SSSR count). The Morgan fingerprint density at radius 2 is 2.25 bits per heavy atom. The number of nitrogen functional groups attached to an aromatic ring is 1. The number of nitrogens with two attached hydrogens (primary N) is 1. The van der Waals surface area contributed by atoms with Crippen molar-refractivity contribution in [3.8, 4) is 6.07 Å². The molecule has 0 atom stereocenters. The molecule has 0 aliphatic heterocycles. The van der Waals surface area contributed by atoms with Crippen LogP contribution in [0.1, 0.15) is 11.5 Å². The topological polar surface area (TPSA) is 88.7 Å². The Bertz CT molecular complexity index is 558. The summed E-state index contributed by atoms with van der Waals surface area (Å²) in [5.74, 6) is 0.498. The van der Waals surface area contributed by atoms with Gasteiger partial charge in [0.25, 0.3) is 5.22 Å².